The molecule has 106 valence electrons. The molecule has 6 heteroatoms. The molecule has 3 rings (SSSR count). The summed E-state index contributed by atoms with van der Waals surface area (Å²) in [4.78, 5) is 20.6. The Labute approximate surface area is 125 Å². The fraction of sp³-hybridized carbons (Fsp3) is 0.133. The van der Waals surface area contributed by atoms with Crippen LogP contribution >= 0.6 is 11.6 Å². The topological polar surface area (TPSA) is 68.3 Å². The van der Waals surface area contributed by atoms with E-state index in [4.69, 9.17) is 17.3 Å². The molecule has 1 aliphatic heterocycles. The molecule has 0 bridgehead atoms. The predicted octanol–water partition coefficient (Wildman–Crippen LogP) is 2.84. The van der Waals surface area contributed by atoms with Gasteiger partial charge in [0.1, 0.15) is 11.7 Å². The number of aromatic nitrogens is 1. The van der Waals surface area contributed by atoms with Crippen molar-refractivity contribution in [3.63, 3.8) is 0 Å². The average molecular weight is 304 g/mol. The second kappa shape index (κ2) is 5.26. The average Bonchev–Trinajstić information content (AvgIpc) is 2.82. The standard InChI is InChI=1S/C15H11ClFN3O/c16-11-5-8(1-2-12(11)17)6-13(21)9-3-4-19-15-10(9)7-14(18)20-15/h1-5H,6-7H2,(H2,18,19,20). The van der Waals surface area contributed by atoms with Crippen molar-refractivity contribution in [1.82, 2.24) is 4.98 Å². The third-order valence-electron chi connectivity index (χ3n) is 3.29. The SMILES string of the molecule is NC1=Nc2nccc(C(=O)Cc3ccc(F)c(Cl)c3)c2C1. The number of fused-ring (bicyclic) bond motifs is 1. The number of halogens is 2. The Hall–Kier alpha value is -2.27. The lowest BCUT2D eigenvalue weighted by atomic mass is 9.98. The minimum Gasteiger partial charge on any atom is -0.387 e. The van der Waals surface area contributed by atoms with E-state index in [-0.39, 0.29) is 17.2 Å². The van der Waals surface area contributed by atoms with Gasteiger partial charge in [-0.15, -0.1) is 0 Å². The predicted molar refractivity (Wildman–Crippen MR) is 78.7 cm³/mol. The Morgan fingerprint density at radius 2 is 2.19 bits per heavy atom. The van der Waals surface area contributed by atoms with Crippen molar-refractivity contribution in [3.8, 4) is 0 Å². The first kappa shape index (κ1) is 13.7. The van der Waals surface area contributed by atoms with Gasteiger partial charge in [-0.3, -0.25) is 4.79 Å². The molecule has 0 fully saturated rings. The Bertz CT molecular complexity index is 774. The zero-order valence-corrected chi connectivity index (χ0v) is 11.7. The highest BCUT2D eigenvalue weighted by Crippen LogP contribution is 2.27. The van der Waals surface area contributed by atoms with Crippen molar-refractivity contribution in [2.24, 2.45) is 10.7 Å². The minimum absolute atomic E-state index is 0.00725. The van der Waals surface area contributed by atoms with Crippen LogP contribution in [-0.2, 0) is 12.8 Å². The monoisotopic (exact) mass is 303 g/mol. The fourth-order valence-electron chi connectivity index (χ4n) is 2.30. The molecule has 1 aliphatic rings. The summed E-state index contributed by atoms with van der Waals surface area (Å²) in [6, 6.07) is 5.91. The zero-order valence-electron chi connectivity index (χ0n) is 10.9. The van der Waals surface area contributed by atoms with Gasteiger partial charge in [0, 0.05) is 30.2 Å². The summed E-state index contributed by atoms with van der Waals surface area (Å²) in [5.74, 6) is 0.345. The quantitative estimate of drug-likeness (QED) is 0.887. The highest BCUT2D eigenvalue weighted by molar-refractivity contribution is 6.30. The second-order valence-corrected chi connectivity index (χ2v) is 5.20. The molecule has 0 saturated carbocycles. The van der Waals surface area contributed by atoms with Crippen LogP contribution in [0.15, 0.2) is 35.5 Å². The third-order valence-corrected chi connectivity index (χ3v) is 3.58. The maximum absolute atomic E-state index is 13.1. The van der Waals surface area contributed by atoms with Crippen molar-refractivity contribution < 1.29 is 9.18 Å². The molecule has 4 nitrogen and oxygen atoms in total. The number of benzene rings is 1. The van der Waals surface area contributed by atoms with E-state index >= 15 is 0 Å². The van der Waals surface area contributed by atoms with Crippen molar-refractivity contribution in [3.05, 3.63) is 58.0 Å². The van der Waals surface area contributed by atoms with Gasteiger partial charge in [-0.05, 0) is 23.8 Å². The van der Waals surface area contributed by atoms with Crippen LogP contribution < -0.4 is 5.73 Å². The van der Waals surface area contributed by atoms with Gasteiger partial charge in [0.2, 0.25) is 0 Å². The van der Waals surface area contributed by atoms with Gasteiger partial charge in [0.15, 0.2) is 11.6 Å². The molecule has 2 aromatic rings. The van der Waals surface area contributed by atoms with E-state index in [1.807, 2.05) is 0 Å². The summed E-state index contributed by atoms with van der Waals surface area (Å²) < 4.78 is 13.1. The van der Waals surface area contributed by atoms with E-state index < -0.39 is 5.82 Å². The first-order valence-corrected chi connectivity index (χ1v) is 6.70. The summed E-state index contributed by atoms with van der Waals surface area (Å²) in [5, 5.41) is 0.00725. The van der Waals surface area contributed by atoms with E-state index in [0.29, 0.717) is 29.2 Å². The molecule has 0 saturated heterocycles. The van der Waals surface area contributed by atoms with Crippen LogP contribution in [0.1, 0.15) is 21.5 Å². The van der Waals surface area contributed by atoms with Crippen molar-refractivity contribution >= 4 is 29.0 Å². The Morgan fingerprint density at radius 1 is 1.38 bits per heavy atom. The number of amidine groups is 1. The Morgan fingerprint density at radius 3 is 2.95 bits per heavy atom. The summed E-state index contributed by atoms with van der Waals surface area (Å²) >= 11 is 5.73. The van der Waals surface area contributed by atoms with E-state index in [9.17, 15) is 9.18 Å². The van der Waals surface area contributed by atoms with Crippen LogP contribution in [-0.4, -0.2) is 16.6 Å². The Kier molecular flexibility index (Phi) is 3.43. The highest BCUT2D eigenvalue weighted by atomic mass is 35.5. The van der Waals surface area contributed by atoms with Crippen LogP contribution in [0.2, 0.25) is 5.02 Å². The first-order chi connectivity index (χ1) is 10.0. The number of pyridine rings is 1. The number of rotatable bonds is 3. The number of aliphatic imine (C=N–C) groups is 1. The second-order valence-electron chi connectivity index (χ2n) is 4.79. The summed E-state index contributed by atoms with van der Waals surface area (Å²) in [5.41, 5.74) is 7.63. The molecule has 0 aliphatic carbocycles. The lowest BCUT2D eigenvalue weighted by Gasteiger charge is -2.06. The lowest BCUT2D eigenvalue weighted by Crippen LogP contribution is -2.13. The Balaban J connectivity index is 1.87. The van der Waals surface area contributed by atoms with Gasteiger partial charge < -0.3 is 5.73 Å². The summed E-state index contributed by atoms with van der Waals surface area (Å²) in [6.45, 7) is 0. The molecule has 1 aromatic carbocycles. The minimum atomic E-state index is -0.501. The molecule has 0 spiro atoms. The molecule has 1 aromatic heterocycles. The van der Waals surface area contributed by atoms with E-state index in [2.05, 4.69) is 9.98 Å². The zero-order chi connectivity index (χ0) is 15.0. The summed E-state index contributed by atoms with van der Waals surface area (Å²) in [7, 11) is 0. The molecule has 2 N–H and O–H groups in total. The number of carbonyl (C=O) groups excluding carboxylic acids is 1. The van der Waals surface area contributed by atoms with Gasteiger partial charge in [0.05, 0.1) is 5.02 Å². The molecule has 0 atom stereocenters. The maximum Gasteiger partial charge on any atom is 0.167 e. The van der Waals surface area contributed by atoms with Crippen LogP contribution in [0.4, 0.5) is 10.2 Å². The molecule has 0 unspecified atom stereocenters. The maximum atomic E-state index is 13.1. The lowest BCUT2D eigenvalue weighted by molar-refractivity contribution is 0.0992. The van der Waals surface area contributed by atoms with Gasteiger partial charge in [0.25, 0.3) is 0 Å². The van der Waals surface area contributed by atoms with Crippen LogP contribution in [0, 0.1) is 5.82 Å². The molecule has 2 heterocycles. The largest absolute Gasteiger partial charge is 0.387 e. The van der Waals surface area contributed by atoms with Crippen LogP contribution in [0.5, 0.6) is 0 Å². The van der Waals surface area contributed by atoms with Crippen LogP contribution in [0.3, 0.4) is 0 Å². The van der Waals surface area contributed by atoms with E-state index in [0.717, 1.165) is 5.56 Å². The molecular formula is C15H11ClFN3O. The van der Waals surface area contributed by atoms with Crippen molar-refractivity contribution in [2.45, 2.75) is 12.8 Å². The van der Waals surface area contributed by atoms with Gasteiger partial charge in [-0.1, -0.05) is 17.7 Å². The number of ketones is 1. The highest BCUT2D eigenvalue weighted by Gasteiger charge is 2.21. The van der Waals surface area contributed by atoms with Crippen LogP contribution in [0.25, 0.3) is 0 Å². The van der Waals surface area contributed by atoms with E-state index in [1.54, 1.807) is 12.1 Å². The number of hydrogen-bond acceptors (Lipinski definition) is 4. The molecule has 0 radical (unpaired) electrons. The van der Waals surface area contributed by atoms with Gasteiger partial charge in [-0.2, -0.15) is 0 Å². The smallest absolute Gasteiger partial charge is 0.167 e. The first-order valence-electron chi connectivity index (χ1n) is 6.32. The van der Waals surface area contributed by atoms with Crippen molar-refractivity contribution in [2.75, 3.05) is 0 Å². The molecular weight excluding hydrogens is 293 g/mol. The third kappa shape index (κ3) is 2.64. The number of carbonyl (C=O) groups is 1. The van der Waals surface area contributed by atoms with E-state index in [1.165, 1.54) is 18.3 Å². The number of Topliss-reactive ketones (excluding diaryl/α,β-unsaturated/α-hetero) is 1. The normalized spacial score (nSPS) is 13.0. The number of nitrogens with two attached hydrogens (primary N) is 1. The van der Waals surface area contributed by atoms with Gasteiger partial charge in [-0.25, -0.2) is 14.4 Å². The van der Waals surface area contributed by atoms with Crippen molar-refractivity contribution in [1.29, 1.82) is 0 Å². The summed E-state index contributed by atoms with van der Waals surface area (Å²) in [6.07, 6.45) is 2.09. The molecule has 21 heavy (non-hydrogen) atoms. The fourth-order valence-corrected chi connectivity index (χ4v) is 2.50. The number of nitrogens with zero attached hydrogens (tertiary/aromatic N) is 2. The van der Waals surface area contributed by atoms with Gasteiger partial charge >= 0.3 is 0 Å². The number of hydrogen-bond donors (Lipinski definition) is 1. The molecule has 0 amide bonds.